The van der Waals surface area contributed by atoms with Crippen LogP contribution in [0, 0.1) is 6.92 Å². The van der Waals surface area contributed by atoms with Crippen molar-refractivity contribution in [1.29, 1.82) is 0 Å². The Hall–Kier alpha value is -2.99. The van der Waals surface area contributed by atoms with Crippen molar-refractivity contribution in [2.75, 3.05) is 5.32 Å². The van der Waals surface area contributed by atoms with E-state index in [1.165, 1.54) is 0 Å². The molecule has 8 heteroatoms. The predicted octanol–water partition coefficient (Wildman–Crippen LogP) is 7.03. The van der Waals surface area contributed by atoms with Crippen molar-refractivity contribution in [3.63, 3.8) is 0 Å². The minimum atomic E-state index is -0.245. The molecule has 0 radical (unpaired) electrons. The van der Waals surface area contributed by atoms with Crippen molar-refractivity contribution < 1.29 is 9.53 Å². The highest BCUT2D eigenvalue weighted by Crippen LogP contribution is 2.28. The van der Waals surface area contributed by atoms with Gasteiger partial charge in [-0.05, 0) is 54.4 Å². The summed E-state index contributed by atoms with van der Waals surface area (Å²) >= 11 is 18.3. The Morgan fingerprint density at radius 1 is 0.970 bits per heavy atom. The van der Waals surface area contributed by atoms with E-state index >= 15 is 0 Å². The molecule has 1 aromatic heterocycles. The molecule has 33 heavy (non-hydrogen) atoms. The topological polar surface area (TPSA) is 56.1 Å². The summed E-state index contributed by atoms with van der Waals surface area (Å²) in [7, 11) is 0. The highest BCUT2D eigenvalue weighted by atomic mass is 35.5. The van der Waals surface area contributed by atoms with E-state index in [0.717, 1.165) is 16.8 Å². The molecule has 0 atom stereocenters. The second-order valence-corrected chi connectivity index (χ2v) is 8.69. The fourth-order valence-corrected chi connectivity index (χ4v) is 3.87. The molecule has 0 unspecified atom stereocenters. The van der Waals surface area contributed by atoms with Crippen molar-refractivity contribution in [2.24, 2.45) is 0 Å². The van der Waals surface area contributed by atoms with Gasteiger partial charge in [0.25, 0.3) is 5.91 Å². The largest absolute Gasteiger partial charge is 0.487 e. The first-order valence-electron chi connectivity index (χ1n) is 10.1. The van der Waals surface area contributed by atoms with E-state index in [2.05, 4.69) is 10.4 Å². The second kappa shape index (κ2) is 10.3. The first-order valence-corrected chi connectivity index (χ1v) is 11.3. The summed E-state index contributed by atoms with van der Waals surface area (Å²) in [4.78, 5) is 12.7. The van der Waals surface area contributed by atoms with Crippen molar-refractivity contribution in [1.82, 2.24) is 9.78 Å². The van der Waals surface area contributed by atoms with Gasteiger partial charge in [0.2, 0.25) is 0 Å². The number of carbonyl (C=O) groups excluding carboxylic acids is 1. The van der Waals surface area contributed by atoms with Gasteiger partial charge in [-0.15, -0.1) is 0 Å². The lowest BCUT2D eigenvalue weighted by molar-refractivity contribution is 0.102. The maximum atomic E-state index is 12.7. The second-order valence-electron chi connectivity index (χ2n) is 7.43. The summed E-state index contributed by atoms with van der Waals surface area (Å²) in [6, 6.07) is 21.7. The first kappa shape index (κ1) is 23.2. The fraction of sp³-hybridized carbons (Fsp3) is 0.120. The normalized spacial score (nSPS) is 10.8. The van der Waals surface area contributed by atoms with Crippen LogP contribution in [0.25, 0.3) is 0 Å². The molecule has 0 saturated carbocycles. The van der Waals surface area contributed by atoms with Crippen LogP contribution in [-0.2, 0) is 13.2 Å². The number of hydrogen-bond donors (Lipinski definition) is 1. The van der Waals surface area contributed by atoms with Gasteiger partial charge >= 0.3 is 0 Å². The van der Waals surface area contributed by atoms with Gasteiger partial charge in [0.15, 0.2) is 5.82 Å². The van der Waals surface area contributed by atoms with Gasteiger partial charge < -0.3 is 10.1 Å². The number of anilines is 1. The van der Waals surface area contributed by atoms with Crippen LogP contribution < -0.4 is 10.1 Å². The van der Waals surface area contributed by atoms with Gasteiger partial charge in [-0.2, -0.15) is 5.10 Å². The Bertz CT molecular complexity index is 1290. The SMILES string of the molecule is Cc1cc(NC(=O)c2ccc(COc3ccc(Cl)cc3Cl)cc2)nn1Cc1ccccc1Cl. The number of nitrogens with zero attached hydrogens (tertiary/aromatic N) is 2. The number of hydrogen-bond acceptors (Lipinski definition) is 3. The molecular weight excluding hydrogens is 481 g/mol. The first-order chi connectivity index (χ1) is 15.9. The highest BCUT2D eigenvalue weighted by Gasteiger charge is 2.12. The summed E-state index contributed by atoms with van der Waals surface area (Å²) < 4.78 is 7.54. The van der Waals surface area contributed by atoms with Gasteiger partial charge in [-0.25, -0.2) is 0 Å². The number of aromatic nitrogens is 2. The number of aryl methyl sites for hydroxylation is 1. The van der Waals surface area contributed by atoms with Gasteiger partial charge in [0.05, 0.1) is 11.6 Å². The number of benzene rings is 3. The molecule has 1 heterocycles. The molecule has 1 amide bonds. The standard InChI is InChI=1S/C25H20Cl3N3O2/c1-16-12-24(30-31(16)14-19-4-2-3-5-21(19)27)29-25(32)18-8-6-17(7-9-18)15-33-23-11-10-20(26)13-22(23)28/h2-13H,14-15H2,1H3,(H,29,30,32). The van der Waals surface area contributed by atoms with Crippen LogP contribution >= 0.6 is 34.8 Å². The maximum Gasteiger partial charge on any atom is 0.256 e. The number of ether oxygens (including phenoxy) is 1. The van der Waals surface area contributed by atoms with E-state index in [1.807, 2.05) is 49.4 Å². The third-order valence-corrected chi connectivity index (χ3v) is 5.90. The smallest absolute Gasteiger partial charge is 0.256 e. The van der Waals surface area contributed by atoms with Crippen molar-refractivity contribution in [2.45, 2.75) is 20.1 Å². The van der Waals surface area contributed by atoms with E-state index in [-0.39, 0.29) is 5.91 Å². The maximum absolute atomic E-state index is 12.7. The van der Waals surface area contributed by atoms with Crippen LogP contribution in [0.2, 0.25) is 15.1 Å². The fourth-order valence-electron chi connectivity index (χ4n) is 3.21. The van der Waals surface area contributed by atoms with Crippen LogP contribution in [0.5, 0.6) is 5.75 Å². The van der Waals surface area contributed by atoms with Gasteiger partial charge in [-0.1, -0.05) is 65.1 Å². The summed E-state index contributed by atoms with van der Waals surface area (Å²) in [5.41, 5.74) is 3.29. The molecular formula is C25H20Cl3N3O2. The number of rotatable bonds is 7. The quantitative estimate of drug-likeness (QED) is 0.296. The lowest BCUT2D eigenvalue weighted by Gasteiger charge is -2.09. The van der Waals surface area contributed by atoms with Crippen LogP contribution in [0.4, 0.5) is 5.82 Å². The Kier molecular flexibility index (Phi) is 7.23. The zero-order chi connectivity index (χ0) is 23.4. The number of nitrogens with one attached hydrogen (secondary N) is 1. The van der Waals surface area contributed by atoms with Crippen LogP contribution in [0.3, 0.4) is 0 Å². The summed E-state index contributed by atoms with van der Waals surface area (Å²) in [5.74, 6) is 0.783. The monoisotopic (exact) mass is 499 g/mol. The number of amides is 1. The van der Waals surface area contributed by atoms with E-state index in [9.17, 15) is 4.79 Å². The molecule has 168 valence electrons. The number of carbonyl (C=O) groups is 1. The zero-order valence-electron chi connectivity index (χ0n) is 17.7. The van der Waals surface area contributed by atoms with Crippen LogP contribution in [-0.4, -0.2) is 15.7 Å². The van der Waals surface area contributed by atoms with Crippen LogP contribution in [0.15, 0.2) is 72.8 Å². The zero-order valence-corrected chi connectivity index (χ0v) is 20.0. The Balaban J connectivity index is 1.37. The molecule has 1 N–H and O–H groups in total. The highest BCUT2D eigenvalue weighted by molar-refractivity contribution is 6.35. The molecule has 0 bridgehead atoms. The molecule has 5 nitrogen and oxygen atoms in total. The molecule has 0 aliphatic rings. The third kappa shape index (κ3) is 5.88. The minimum absolute atomic E-state index is 0.245. The summed E-state index contributed by atoms with van der Waals surface area (Å²) in [5, 5.41) is 9.01. The molecule has 0 fully saturated rings. The predicted molar refractivity (Wildman–Crippen MR) is 133 cm³/mol. The van der Waals surface area contributed by atoms with Crippen molar-refractivity contribution >= 4 is 46.5 Å². The van der Waals surface area contributed by atoms with E-state index in [4.69, 9.17) is 39.5 Å². The molecule has 0 aliphatic heterocycles. The average Bonchev–Trinajstić information content (AvgIpc) is 3.13. The minimum Gasteiger partial charge on any atom is -0.487 e. The molecule has 4 aromatic rings. The van der Waals surface area contributed by atoms with E-state index < -0.39 is 0 Å². The lowest BCUT2D eigenvalue weighted by atomic mass is 10.1. The Labute approximate surface area is 206 Å². The molecule has 3 aromatic carbocycles. The Morgan fingerprint density at radius 2 is 1.73 bits per heavy atom. The van der Waals surface area contributed by atoms with E-state index in [1.54, 1.807) is 35.0 Å². The van der Waals surface area contributed by atoms with E-state index in [0.29, 0.717) is 45.4 Å². The Morgan fingerprint density at radius 3 is 2.45 bits per heavy atom. The van der Waals surface area contributed by atoms with Crippen LogP contribution in [0.1, 0.15) is 27.2 Å². The molecule has 0 aliphatic carbocycles. The molecule has 0 spiro atoms. The van der Waals surface area contributed by atoms with Gasteiger partial charge in [-0.3, -0.25) is 9.48 Å². The molecule has 4 rings (SSSR count). The van der Waals surface area contributed by atoms with Crippen molar-refractivity contribution in [3.8, 4) is 5.75 Å². The van der Waals surface area contributed by atoms with Crippen molar-refractivity contribution in [3.05, 3.63) is 110 Å². The average molecular weight is 501 g/mol. The summed E-state index contributed by atoms with van der Waals surface area (Å²) in [6.45, 7) is 2.77. The summed E-state index contributed by atoms with van der Waals surface area (Å²) in [6.07, 6.45) is 0. The van der Waals surface area contributed by atoms with Gasteiger partial charge in [0, 0.05) is 27.4 Å². The van der Waals surface area contributed by atoms with Gasteiger partial charge in [0.1, 0.15) is 12.4 Å². The number of halogens is 3. The molecule has 0 saturated heterocycles. The lowest BCUT2D eigenvalue weighted by Crippen LogP contribution is -2.13. The third-order valence-electron chi connectivity index (χ3n) is 5.01.